The van der Waals surface area contributed by atoms with E-state index in [1.165, 1.54) is 92.9 Å². The van der Waals surface area contributed by atoms with Crippen LogP contribution in [0.15, 0.2) is 230 Å². The van der Waals surface area contributed by atoms with Gasteiger partial charge in [-0.3, -0.25) is 0 Å². The van der Waals surface area contributed by atoms with Gasteiger partial charge in [-0.2, -0.15) is 0 Å². The topological polar surface area (TPSA) is 13.1 Å². The minimum Gasteiger partial charge on any atom is -0.355 e. The van der Waals surface area contributed by atoms with E-state index in [0.29, 0.717) is 0 Å². The summed E-state index contributed by atoms with van der Waals surface area (Å²) < 4.78 is 5.22. The predicted octanol–water partition coefficient (Wildman–Crippen LogP) is 12.0. The second kappa shape index (κ2) is 13.2. The van der Waals surface area contributed by atoms with Crippen molar-refractivity contribution in [3.8, 4) is 5.69 Å². The third-order valence-corrected chi connectivity index (χ3v) is 18.0. The molecule has 0 amide bonds. The van der Waals surface area contributed by atoms with Crippen LogP contribution in [0.3, 0.4) is 0 Å². The molecule has 4 heteroatoms. The molecule has 9 aromatic carbocycles. The fraction of sp³-hybridized carbons (Fsp3) is 0.0175. The van der Waals surface area contributed by atoms with Crippen LogP contribution in [-0.2, 0) is 0 Å². The van der Waals surface area contributed by atoms with Crippen molar-refractivity contribution in [3.63, 3.8) is 0 Å². The average Bonchev–Trinajstić information content (AvgIpc) is 4.06. The number of hydrogen-bond donors (Lipinski definition) is 0. The van der Waals surface area contributed by atoms with Crippen molar-refractivity contribution in [2.45, 2.75) is 5.92 Å². The zero-order valence-electron chi connectivity index (χ0n) is 33.4. The van der Waals surface area contributed by atoms with E-state index in [1.807, 2.05) is 0 Å². The minimum absolute atomic E-state index is 0.236. The molecule has 2 aromatic heterocycles. The van der Waals surface area contributed by atoms with Crippen LogP contribution in [0.5, 0.6) is 0 Å². The van der Waals surface area contributed by atoms with Crippen molar-refractivity contribution in [2.24, 2.45) is 0 Å². The molecule has 0 spiro atoms. The van der Waals surface area contributed by atoms with E-state index >= 15 is 0 Å². The van der Waals surface area contributed by atoms with Crippen LogP contribution in [-0.4, -0.2) is 17.0 Å². The highest BCUT2D eigenvalue weighted by Crippen LogP contribution is 2.55. The van der Waals surface area contributed by atoms with Crippen molar-refractivity contribution in [2.75, 3.05) is 4.90 Å². The maximum absolute atomic E-state index is 3.07. The normalized spacial score (nSPS) is 14.5. The number of allylic oxidation sites excluding steroid dienone is 1. The van der Waals surface area contributed by atoms with E-state index in [-0.39, 0.29) is 5.92 Å². The van der Waals surface area contributed by atoms with E-state index in [1.54, 1.807) is 0 Å². The van der Waals surface area contributed by atoms with Gasteiger partial charge in [0.15, 0.2) is 0 Å². The van der Waals surface area contributed by atoms with E-state index < -0.39 is 8.24 Å². The third-order valence-electron chi connectivity index (χ3n) is 13.4. The van der Waals surface area contributed by atoms with Gasteiger partial charge < -0.3 is 13.7 Å². The first-order chi connectivity index (χ1) is 30.3. The Hall–Kier alpha value is -7.66. The molecule has 0 bridgehead atoms. The number of anilines is 2. The van der Waals surface area contributed by atoms with Gasteiger partial charge in [-0.1, -0.05) is 170 Å². The standard InChI is InChI=1S/C57H39N3Si/c1-3-20-42(21-4-1)61(43-22-5-2-6-23-43,60-54-32-15-10-26-46(54)47-27-11-16-33-55(47)60)44-24-17-19-40(37-44)58-51-30-13-9-28-48(51)50-38-41(34-35-53(50)58)59-52-31-14-12-29-49(52)57-45-25-8-7-18-39(45)36-56(57)59/h1-38,57H. The highest BCUT2D eigenvalue weighted by molar-refractivity contribution is 7.11. The molecular weight excluding hydrogens is 755 g/mol. The second-order valence-corrected chi connectivity index (χ2v) is 20.0. The molecular formula is C57H39N3Si. The van der Waals surface area contributed by atoms with Gasteiger partial charge in [0.25, 0.3) is 8.24 Å². The summed E-state index contributed by atoms with van der Waals surface area (Å²) in [6, 6.07) is 83.8. The number of rotatable bonds is 6. The molecule has 2 aliphatic rings. The number of hydrogen-bond acceptors (Lipinski definition) is 1. The maximum Gasteiger partial charge on any atom is 0.257 e. The van der Waals surface area contributed by atoms with Gasteiger partial charge in [-0.15, -0.1) is 0 Å². The second-order valence-electron chi connectivity index (χ2n) is 16.4. The lowest BCUT2D eigenvalue weighted by Crippen LogP contribution is -2.72. The van der Waals surface area contributed by atoms with Gasteiger partial charge in [-0.25, -0.2) is 0 Å². The molecule has 0 fully saturated rings. The summed E-state index contributed by atoms with van der Waals surface area (Å²) in [4.78, 5) is 2.50. The van der Waals surface area contributed by atoms with Crippen LogP contribution in [0.2, 0.25) is 0 Å². The molecule has 0 radical (unpaired) electrons. The zero-order chi connectivity index (χ0) is 40.1. The van der Waals surface area contributed by atoms with Crippen LogP contribution in [0.25, 0.3) is 55.4 Å². The number of nitrogens with zero attached hydrogens (tertiary/aromatic N) is 3. The summed E-state index contributed by atoms with van der Waals surface area (Å²) in [7, 11) is -3.07. The van der Waals surface area contributed by atoms with Gasteiger partial charge in [0.05, 0.1) is 22.6 Å². The SMILES string of the molecule is C1=C2C(c3ccccc31)c1ccccc1N2c1ccc2c(c1)c1ccccc1n2-c1cccc([Si](c2ccccc2)(c2ccccc2)n2c3ccccc3c3ccccc32)c1. The third kappa shape index (κ3) is 4.79. The highest BCUT2D eigenvalue weighted by Gasteiger charge is 2.45. The van der Waals surface area contributed by atoms with Crippen LogP contribution < -0.4 is 20.5 Å². The summed E-state index contributed by atoms with van der Waals surface area (Å²) >= 11 is 0. The molecule has 0 N–H and O–H groups in total. The summed E-state index contributed by atoms with van der Waals surface area (Å²) in [6.07, 6.45) is 2.39. The molecule has 3 nitrogen and oxygen atoms in total. The lowest BCUT2D eigenvalue weighted by atomic mass is 9.93. The zero-order valence-corrected chi connectivity index (χ0v) is 34.4. The van der Waals surface area contributed by atoms with Crippen LogP contribution in [0.1, 0.15) is 22.6 Å². The molecule has 0 saturated carbocycles. The molecule has 1 atom stereocenters. The van der Waals surface area contributed by atoms with E-state index in [0.717, 1.165) is 5.69 Å². The van der Waals surface area contributed by atoms with Crippen molar-refractivity contribution < 1.29 is 0 Å². The van der Waals surface area contributed by atoms with Gasteiger partial charge in [-0.05, 0) is 92.9 Å². The molecule has 13 rings (SSSR count). The van der Waals surface area contributed by atoms with E-state index in [4.69, 9.17) is 0 Å². The van der Waals surface area contributed by atoms with Crippen LogP contribution in [0, 0.1) is 0 Å². The first kappa shape index (κ1) is 34.2. The summed E-state index contributed by atoms with van der Waals surface area (Å²) in [5, 5.41) is 9.04. The fourth-order valence-electron chi connectivity index (χ4n) is 11.0. The van der Waals surface area contributed by atoms with E-state index in [2.05, 4.69) is 244 Å². The van der Waals surface area contributed by atoms with Crippen molar-refractivity contribution >= 4 is 84.9 Å². The lowest BCUT2D eigenvalue weighted by Gasteiger charge is -2.36. The number of aromatic nitrogens is 2. The Morgan fingerprint density at radius 2 is 0.902 bits per heavy atom. The summed E-state index contributed by atoms with van der Waals surface area (Å²) in [5.41, 5.74) is 13.9. The van der Waals surface area contributed by atoms with Gasteiger partial charge in [0.1, 0.15) is 0 Å². The number of para-hydroxylation sites is 4. The van der Waals surface area contributed by atoms with Gasteiger partial charge in [0, 0.05) is 49.7 Å². The predicted molar refractivity (Wildman–Crippen MR) is 258 cm³/mol. The van der Waals surface area contributed by atoms with Gasteiger partial charge >= 0.3 is 0 Å². The van der Waals surface area contributed by atoms with Gasteiger partial charge in [0.2, 0.25) is 0 Å². The first-order valence-electron chi connectivity index (χ1n) is 21.2. The molecule has 1 unspecified atom stereocenters. The molecule has 11 aromatic rings. The van der Waals surface area contributed by atoms with Crippen molar-refractivity contribution in [1.82, 2.24) is 8.80 Å². The Morgan fingerprint density at radius 3 is 1.61 bits per heavy atom. The molecule has 1 aliphatic carbocycles. The van der Waals surface area contributed by atoms with Crippen molar-refractivity contribution in [3.05, 3.63) is 247 Å². The number of benzene rings is 9. The fourth-order valence-corrected chi connectivity index (χ4v) is 15.9. The maximum atomic E-state index is 2.73. The smallest absolute Gasteiger partial charge is 0.257 e. The average molecular weight is 794 g/mol. The minimum atomic E-state index is -3.07. The Morgan fingerprint density at radius 1 is 0.361 bits per heavy atom. The highest BCUT2D eigenvalue weighted by atomic mass is 28.3. The van der Waals surface area contributed by atoms with Crippen LogP contribution in [0.4, 0.5) is 11.4 Å². The Bertz CT molecular complexity index is 3470. The summed E-state index contributed by atoms with van der Waals surface area (Å²) in [5.74, 6) is 0.236. The summed E-state index contributed by atoms with van der Waals surface area (Å²) in [6.45, 7) is 0. The monoisotopic (exact) mass is 793 g/mol. The molecule has 3 heterocycles. The lowest BCUT2D eigenvalue weighted by molar-refractivity contribution is 1.01. The quantitative estimate of drug-likeness (QED) is 0.121. The van der Waals surface area contributed by atoms with Crippen LogP contribution >= 0.6 is 0 Å². The molecule has 1 aliphatic heterocycles. The van der Waals surface area contributed by atoms with E-state index in [9.17, 15) is 0 Å². The first-order valence-corrected chi connectivity index (χ1v) is 23.2. The molecule has 286 valence electrons. The molecule has 0 saturated heterocycles. The Balaban J connectivity index is 1.06. The Labute approximate surface area is 355 Å². The molecule has 61 heavy (non-hydrogen) atoms. The number of fused-ring (bicyclic) bond motifs is 11. The largest absolute Gasteiger partial charge is 0.355 e. The Kier molecular flexibility index (Phi) is 7.39. The van der Waals surface area contributed by atoms with Crippen molar-refractivity contribution in [1.29, 1.82) is 0 Å².